The standard InChI is InChI=1S/C26H23Cl2FN4O3/c1-26(2,36)22(14-5-8-16(29)9-6-14)30-24(34)17-12-33-21(20(17)13-3-4-13)25(35)31-23(32-33)15-7-10-18(27)19(28)11-15/h5-13,22,36H,3-4H2,1-2H3,(H,30,34)(H,31,32,35)/t22-/m0/s1. The van der Waals surface area contributed by atoms with E-state index in [-0.39, 0.29) is 17.3 Å². The van der Waals surface area contributed by atoms with Crippen LogP contribution in [0.3, 0.4) is 0 Å². The molecule has 0 radical (unpaired) electrons. The van der Waals surface area contributed by atoms with Crippen molar-refractivity contribution in [3.8, 4) is 11.4 Å². The Balaban J connectivity index is 1.58. The lowest BCUT2D eigenvalue weighted by molar-refractivity contribution is 0.0343. The number of aromatic amines is 1. The summed E-state index contributed by atoms with van der Waals surface area (Å²) in [6.45, 7) is 3.13. The van der Waals surface area contributed by atoms with Crippen molar-refractivity contribution < 1.29 is 14.3 Å². The fraction of sp³-hybridized carbons (Fsp3) is 0.269. The monoisotopic (exact) mass is 528 g/mol. The highest BCUT2D eigenvalue weighted by Crippen LogP contribution is 2.44. The molecule has 2 aromatic carbocycles. The first-order valence-electron chi connectivity index (χ1n) is 11.4. The summed E-state index contributed by atoms with van der Waals surface area (Å²) in [6.07, 6.45) is 3.22. The third-order valence-corrected chi connectivity index (χ3v) is 7.03. The summed E-state index contributed by atoms with van der Waals surface area (Å²) in [4.78, 5) is 29.5. The molecule has 1 fully saturated rings. The highest BCUT2D eigenvalue weighted by Gasteiger charge is 2.36. The van der Waals surface area contributed by atoms with Crippen molar-refractivity contribution in [1.82, 2.24) is 19.9 Å². The predicted molar refractivity (Wildman–Crippen MR) is 136 cm³/mol. The number of H-pyrrole nitrogens is 1. The highest BCUT2D eigenvalue weighted by atomic mass is 35.5. The van der Waals surface area contributed by atoms with E-state index in [0.717, 1.165) is 12.8 Å². The SMILES string of the molecule is CC(C)(O)[C@@H](NC(=O)c1cn2nc(-c3ccc(Cl)c(Cl)c3)[nH]c(=O)c2c1C1CC1)c1ccc(F)cc1. The zero-order chi connectivity index (χ0) is 25.8. The van der Waals surface area contributed by atoms with E-state index in [9.17, 15) is 19.1 Å². The molecular formula is C26H23Cl2FN4O3. The van der Waals surface area contributed by atoms with Crippen LogP contribution < -0.4 is 10.9 Å². The van der Waals surface area contributed by atoms with Crippen LogP contribution >= 0.6 is 23.2 Å². The highest BCUT2D eigenvalue weighted by molar-refractivity contribution is 6.42. The Morgan fingerprint density at radius 1 is 1.19 bits per heavy atom. The van der Waals surface area contributed by atoms with Crippen molar-refractivity contribution in [1.29, 1.82) is 0 Å². The van der Waals surface area contributed by atoms with Gasteiger partial charge >= 0.3 is 0 Å². The van der Waals surface area contributed by atoms with Crippen LogP contribution in [0.15, 0.2) is 53.5 Å². The Labute approximate surface area is 215 Å². The van der Waals surface area contributed by atoms with E-state index in [4.69, 9.17) is 23.2 Å². The Kier molecular flexibility index (Phi) is 6.14. The van der Waals surface area contributed by atoms with E-state index in [0.29, 0.717) is 37.8 Å². The molecule has 36 heavy (non-hydrogen) atoms. The summed E-state index contributed by atoms with van der Waals surface area (Å²) in [5.74, 6) is -0.552. The summed E-state index contributed by atoms with van der Waals surface area (Å²) in [5.41, 5.74) is 0.607. The molecule has 186 valence electrons. The molecule has 3 N–H and O–H groups in total. The quantitative estimate of drug-likeness (QED) is 0.318. The zero-order valence-electron chi connectivity index (χ0n) is 19.5. The molecule has 2 heterocycles. The number of benzene rings is 2. The molecule has 10 heteroatoms. The van der Waals surface area contributed by atoms with E-state index >= 15 is 0 Å². The number of aliphatic hydroxyl groups is 1. The van der Waals surface area contributed by atoms with Crippen molar-refractivity contribution in [3.05, 3.63) is 91.6 Å². The van der Waals surface area contributed by atoms with Gasteiger partial charge in [-0.3, -0.25) is 9.59 Å². The van der Waals surface area contributed by atoms with Crippen molar-refractivity contribution in [2.45, 2.75) is 44.2 Å². The summed E-state index contributed by atoms with van der Waals surface area (Å²) >= 11 is 12.1. The van der Waals surface area contributed by atoms with Gasteiger partial charge in [-0.2, -0.15) is 0 Å². The first-order chi connectivity index (χ1) is 17.0. The van der Waals surface area contributed by atoms with Crippen molar-refractivity contribution in [3.63, 3.8) is 0 Å². The number of carbonyl (C=O) groups is 1. The topological polar surface area (TPSA) is 99.5 Å². The molecule has 7 nitrogen and oxygen atoms in total. The number of hydrogen-bond donors (Lipinski definition) is 3. The second-order valence-electron chi connectivity index (χ2n) is 9.57. The second kappa shape index (κ2) is 9.03. The lowest BCUT2D eigenvalue weighted by Gasteiger charge is -2.30. The molecule has 1 aliphatic rings. The van der Waals surface area contributed by atoms with Gasteiger partial charge in [-0.05, 0) is 68.5 Å². The predicted octanol–water partition coefficient (Wildman–Crippen LogP) is 5.25. The Morgan fingerprint density at radius 3 is 2.50 bits per heavy atom. The first kappa shape index (κ1) is 24.5. The van der Waals surface area contributed by atoms with Crippen LogP contribution in [-0.2, 0) is 0 Å². The van der Waals surface area contributed by atoms with Crippen LogP contribution in [0.25, 0.3) is 16.9 Å². The minimum Gasteiger partial charge on any atom is -0.388 e. The largest absolute Gasteiger partial charge is 0.388 e. The molecule has 0 saturated heterocycles. The number of hydrogen-bond acceptors (Lipinski definition) is 4. The van der Waals surface area contributed by atoms with Gasteiger partial charge in [-0.1, -0.05) is 35.3 Å². The molecular weight excluding hydrogens is 506 g/mol. The molecule has 1 amide bonds. The maximum absolute atomic E-state index is 13.5. The molecule has 0 unspecified atom stereocenters. The number of nitrogens with zero attached hydrogens (tertiary/aromatic N) is 2. The molecule has 0 aliphatic heterocycles. The van der Waals surface area contributed by atoms with Crippen molar-refractivity contribution in [2.75, 3.05) is 0 Å². The average molecular weight is 529 g/mol. The first-order valence-corrected chi connectivity index (χ1v) is 12.2. The van der Waals surface area contributed by atoms with Gasteiger partial charge in [0, 0.05) is 17.3 Å². The molecule has 2 aromatic heterocycles. The van der Waals surface area contributed by atoms with E-state index in [1.165, 1.54) is 35.0 Å². The van der Waals surface area contributed by atoms with Crippen LogP contribution in [0.1, 0.15) is 60.1 Å². The summed E-state index contributed by atoms with van der Waals surface area (Å²) in [7, 11) is 0. The molecule has 1 atom stereocenters. The number of rotatable bonds is 6. The third-order valence-electron chi connectivity index (χ3n) is 6.29. The maximum atomic E-state index is 13.5. The number of fused-ring (bicyclic) bond motifs is 1. The zero-order valence-corrected chi connectivity index (χ0v) is 21.0. The summed E-state index contributed by atoms with van der Waals surface area (Å²) < 4.78 is 14.9. The molecule has 1 aliphatic carbocycles. The lowest BCUT2D eigenvalue weighted by Crippen LogP contribution is -2.42. The molecule has 4 aromatic rings. The fourth-order valence-corrected chi connectivity index (χ4v) is 4.68. The minimum absolute atomic E-state index is 0.0564. The number of amides is 1. The summed E-state index contributed by atoms with van der Waals surface area (Å²) in [6, 6.07) is 9.67. The Hall–Kier alpha value is -3.20. The minimum atomic E-state index is -1.34. The molecule has 0 bridgehead atoms. The number of nitrogens with one attached hydrogen (secondary N) is 2. The van der Waals surface area contributed by atoms with E-state index < -0.39 is 23.4 Å². The van der Waals surface area contributed by atoms with E-state index in [1.54, 1.807) is 32.0 Å². The second-order valence-corrected chi connectivity index (χ2v) is 10.4. The van der Waals surface area contributed by atoms with Gasteiger partial charge in [0.1, 0.15) is 11.3 Å². The molecule has 1 saturated carbocycles. The van der Waals surface area contributed by atoms with Crippen LogP contribution in [0.4, 0.5) is 4.39 Å². The number of aromatic nitrogens is 3. The summed E-state index contributed by atoms with van der Waals surface area (Å²) in [5, 5.41) is 18.9. The smallest absolute Gasteiger partial charge is 0.275 e. The van der Waals surface area contributed by atoms with Crippen molar-refractivity contribution in [2.24, 2.45) is 0 Å². The van der Waals surface area contributed by atoms with Crippen LogP contribution in [-0.4, -0.2) is 31.2 Å². The average Bonchev–Trinajstić information content (AvgIpc) is 3.58. The fourth-order valence-electron chi connectivity index (χ4n) is 4.38. The van der Waals surface area contributed by atoms with Gasteiger partial charge in [0.05, 0.1) is 27.3 Å². The van der Waals surface area contributed by atoms with Crippen LogP contribution in [0.5, 0.6) is 0 Å². The van der Waals surface area contributed by atoms with Gasteiger partial charge in [0.2, 0.25) is 0 Å². The maximum Gasteiger partial charge on any atom is 0.275 e. The Bertz CT molecular complexity index is 1540. The lowest BCUT2D eigenvalue weighted by atomic mass is 9.91. The van der Waals surface area contributed by atoms with E-state index in [1.807, 2.05) is 0 Å². The molecule has 5 rings (SSSR count). The van der Waals surface area contributed by atoms with Gasteiger partial charge in [-0.15, -0.1) is 5.10 Å². The van der Waals surface area contributed by atoms with Gasteiger partial charge in [-0.25, -0.2) is 8.91 Å². The number of carbonyl (C=O) groups excluding carboxylic acids is 1. The Morgan fingerprint density at radius 2 is 1.89 bits per heavy atom. The third kappa shape index (κ3) is 4.64. The van der Waals surface area contributed by atoms with Crippen LogP contribution in [0.2, 0.25) is 10.0 Å². The van der Waals surface area contributed by atoms with E-state index in [2.05, 4.69) is 15.4 Å². The number of halogens is 3. The van der Waals surface area contributed by atoms with Gasteiger partial charge in [0.15, 0.2) is 5.82 Å². The van der Waals surface area contributed by atoms with Gasteiger partial charge < -0.3 is 15.4 Å². The normalized spacial score (nSPS) is 14.7. The van der Waals surface area contributed by atoms with Gasteiger partial charge in [0.25, 0.3) is 11.5 Å². The van der Waals surface area contributed by atoms with Crippen LogP contribution in [0, 0.1) is 5.82 Å². The molecule has 0 spiro atoms. The van der Waals surface area contributed by atoms with Crippen molar-refractivity contribution >= 4 is 34.6 Å².